The Kier molecular flexibility index (Phi) is 7.31. The van der Waals surface area contributed by atoms with Gasteiger partial charge in [-0.05, 0) is 40.8 Å². The normalized spacial score (nSPS) is 17.9. The lowest BCUT2D eigenvalue weighted by Gasteiger charge is -2.26. The second kappa shape index (κ2) is 11.0. The molecule has 3 atom stereocenters. The molecule has 2 aromatic heterocycles. The number of carbonyl (C=O) groups excluding carboxylic acids is 2. The number of amides is 2. The standard InChI is InChI=1S/C30H30FN5O2/c1-19(2)20-8-10-23(11-9-20)28(22-6-4-3-5-7-22)33-29(37)27-16-24(31)18-36(27)30(38)26-17-25(34-35-26)21-12-14-32-15-13-21/h3-15,17,19,24,27-28H,16,18H2,1-2H3,(H,33,37)(H,34,35)/t24-,27+,28+/m1/s1. The average molecular weight is 512 g/mol. The molecule has 4 aromatic rings. The summed E-state index contributed by atoms with van der Waals surface area (Å²) in [4.78, 5) is 32.2. The number of nitrogens with one attached hydrogen (secondary N) is 2. The van der Waals surface area contributed by atoms with E-state index < -0.39 is 30.1 Å². The van der Waals surface area contributed by atoms with Crippen LogP contribution in [0, 0.1) is 0 Å². The van der Waals surface area contributed by atoms with Crippen LogP contribution in [-0.2, 0) is 4.79 Å². The van der Waals surface area contributed by atoms with Gasteiger partial charge in [0.1, 0.15) is 12.2 Å². The topological polar surface area (TPSA) is 91.0 Å². The quantitative estimate of drug-likeness (QED) is 0.363. The van der Waals surface area contributed by atoms with E-state index in [0.717, 1.165) is 16.7 Å². The van der Waals surface area contributed by atoms with Gasteiger partial charge in [0, 0.05) is 24.4 Å². The summed E-state index contributed by atoms with van der Waals surface area (Å²) in [6, 6.07) is 21.6. The maximum absolute atomic E-state index is 14.6. The minimum absolute atomic E-state index is 0.0625. The van der Waals surface area contributed by atoms with Gasteiger partial charge in [0.2, 0.25) is 5.91 Å². The Morgan fingerprint density at radius 3 is 2.32 bits per heavy atom. The smallest absolute Gasteiger partial charge is 0.275 e. The van der Waals surface area contributed by atoms with Crippen molar-refractivity contribution in [3.8, 4) is 11.3 Å². The fraction of sp³-hybridized carbons (Fsp3) is 0.267. The molecule has 2 N–H and O–H groups in total. The first-order chi connectivity index (χ1) is 18.4. The van der Waals surface area contributed by atoms with E-state index in [2.05, 4.69) is 46.5 Å². The molecule has 0 radical (unpaired) electrons. The number of pyridine rings is 1. The summed E-state index contributed by atoms with van der Waals surface area (Å²) in [5.74, 6) is -0.501. The van der Waals surface area contributed by atoms with Crippen molar-refractivity contribution in [3.63, 3.8) is 0 Å². The third-order valence-corrected chi connectivity index (χ3v) is 6.96. The second-order valence-electron chi connectivity index (χ2n) is 9.88. The average Bonchev–Trinajstić information content (AvgIpc) is 3.60. The Bertz CT molecular complexity index is 1390. The van der Waals surface area contributed by atoms with Crippen molar-refractivity contribution in [1.82, 2.24) is 25.4 Å². The lowest BCUT2D eigenvalue weighted by atomic mass is 9.95. The number of nitrogens with zero attached hydrogens (tertiary/aromatic N) is 3. The van der Waals surface area contributed by atoms with E-state index in [1.54, 1.807) is 30.6 Å². The summed E-state index contributed by atoms with van der Waals surface area (Å²) in [7, 11) is 0. The second-order valence-corrected chi connectivity index (χ2v) is 9.88. The van der Waals surface area contributed by atoms with Gasteiger partial charge in [0.15, 0.2) is 5.69 Å². The zero-order chi connectivity index (χ0) is 26.6. The number of carbonyl (C=O) groups is 2. The lowest BCUT2D eigenvalue weighted by molar-refractivity contribution is -0.125. The number of rotatable bonds is 7. The van der Waals surface area contributed by atoms with Crippen LogP contribution in [0.2, 0.25) is 0 Å². The van der Waals surface area contributed by atoms with E-state index in [1.807, 2.05) is 42.5 Å². The SMILES string of the molecule is CC(C)c1ccc([C@@H](NC(=O)[C@@H]2C[C@@H](F)CN2C(=O)c2cc(-c3ccncc3)[nH]n2)c2ccccc2)cc1. The van der Waals surface area contributed by atoms with Gasteiger partial charge in [-0.2, -0.15) is 5.10 Å². The van der Waals surface area contributed by atoms with Crippen LogP contribution in [0.25, 0.3) is 11.3 Å². The minimum Gasteiger partial charge on any atom is -0.343 e. The molecule has 7 nitrogen and oxygen atoms in total. The van der Waals surface area contributed by atoms with Crippen LogP contribution in [0.3, 0.4) is 0 Å². The molecule has 1 aliphatic heterocycles. The Labute approximate surface area is 221 Å². The highest BCUT2D eigenvalue weighted by Gasteiger charge is 2.41. The predicted molar refractivity (Wildman–Crippen MR) is 143 cm³/mol. The van der Waals surface area contributed by atoms with Crippen LogP contribution < -0.4 is 5.32 Å². The predicted octanol–water partition coefficient (Wildman–Crippen LogP) is 5.05. The lowest BCUT2D eigenvalue weighted by Crippen LogP contribution is -2.47. The molecule has 0 unspecified atom stereocenters. The zero-order valence-electron chi connectivity index (χ0n) is 21.3. The van der Waals surface area contributed by atoms with E-state index in [9.17, 15) is 14.0 Å². The summed E-state index contributed by atoms with van der Waals surface area (Å²) >= 11 is 0. The number of aromatic nitrogens is 3. The summed E-state index contributed by atoms with van der Waals surface area (Å²) in [5, 5.41) is 10.1. The largest absolute Gasteiger partial charge is 0.343 e. The van der Waals surface area contributed by atoms with Crippen LogP contribution in [0.15, 0.2) is 85.2 Å². The van der Waals surface area contributed by atoms with Crippen molar-refractivity contribution < 1.29 is 14.0 Å². The molecular formula is C30H30FN5O2. The van der Waals surface area contributed by atoms with Gasteiger partial charge in [-0.15, -0.1) is 0 Å². The molecule has 1 aliphatic rings. The first-order valence-corrected chi connectivity index (χ1v) is 12.8. The molecule has 5 rings (SSSR count). The van der Waals surface area contributed by atoms with Crippen molar-refractivity contribution in [2.75, 3.05) is 6.54 Å². The zero-order valence-corrected chi connectivity index (χ0v) is 21.3. The molecule has 194 valence electrons. The third-order valence-electron chi connectivity index (χ3n) is 6.96. The molecule has 38 heavy (non-hydrogen) atoms. The molecule has 0 spiro atoms. The number of H-pyrrole nitrogens is 1. The molecule has 1 fully saturated rings. The van der Waals surface area contributed by atoms with E-state index in [4.69, 9.17) is 0 Å². The molecule has 0 aliphatic carbocycles. The Balaban J connectivity index is 1.38. The number of hydrogen-bond acceptors (Lipinski definition) is 4. The fourth-order valence-corrected chi connectivity index (χ4v) is 4.83. The van der Waals surface area contributed by atoms with E-state index >= 15 is 0 Å². The van der Waals surface area contributed by atoms with E-state index in [-0.39, 0.29) is 18.7 Å². The van der Waals surface area contributed by atoms with Crippen molar-refractivity contribution in [2.45, 2.75) is 44.4 Å². The molecule has 1 saturated heterocycles. The van der Waals surface area contributed by atoms with Gasteiger partial charge in [-0.3, -0.25) is 19.7 Å². The van der Waals surface area contributed by atoms with Crippen molar-refractivity contribution in [1.29, 1.82) is 0 Å². The van der Waals surface area contributed by atoms with Crippen LogP contribution in [0.5, 0.6) is 0 Å². The molecule has 8 heteroatoms. The molecular weight excluding hydrogens is 481 g/mol. The Morgan fingerprint density at radius 1 is 0.974 bits per heavy atom. The number of benzene rings is 2. The third kappa shape index (κ3) is 5.34. The molecule has 2 amide bonds. The maximum Gasteiger partial charge on any atom is 0.275 e. The molecule has 0 saturated carbocycles. The van der Waals surface area contributed by atoms with Crippen LogP contribution in [-0.4, -0.2) is 50.7 Å². The molecule has 2 aromatic carbocycles. The number of halogens is 1. The van der Waals surface area contributed by atoms with Gasteiger partial charge in [-0.25, -0.2) is 4.39 Å². The summed E-state index contributed by atoms with van der Waals surface area (Å²) < 4.78 is 14.6. The highest BCUT2D eigenvalue weighted by molar-refractivity contribution is 5.97. The van der Waals surface area contributed by atoms with Gasteiger partial charge in [0.25, 0.3) is 5.91 Å². The minimum atomic E-state index is -1.30. The van der Waals surface area contributed by atoms with E-state index in [0.29, 0.717) is 11.6 Å². The maximum atomic E-state index is 14.6. The van der Waals surface area contributed by atoms with E-state index in [1.165, 1.54) is 10.5 Å². The number of hydrogen-bond donors (Lipinski definition) is 2. The number of alkyl halides is 1. The summed E-state index contributed by atoms with van der Waals surface area (Å²) in [5.41, 5.74) is 4.61. The first kappa shape index (κ1) is 25.3. The highest BCUT2D eigenvalue weighted by Crippen LogP contribution is 2.28. The van der Waals surface area contributed by atoms with Gasteiger partial charge in [0.05, 0.1) is 18.3 Å². The van der Waals surface area contributed by atoms with Crippen molar-refractivity contribution in [2.24, 2.45) is 0 Å². The summed E-state index contributed by atoms with van der Waals surface area (Å²) in [6.07, 6.45) is 1.93. The fourth-order valence-electron chi connectivity index (χ4n) is 4.83. The Morgan fingerprint density at radius 2 is 1.63 bits per heavy atom. The number of aromatic amines is 1. The Hall–Kier alpha value is -4.33. The first-order valence-electron chi connectivity index (χ1n) is 12.8. The monoisotopic (exact) mass is 511 g/mol. The van der Waals surface area contributed by atoms with Crippen LogP contribution in [0.1, 0.15) is 59.4 Å². The van der Waals surface area contributed by atoms with Gasteiger partial charge in [-0.1, -0.05) is 68.4 Å². The van der Waals surface area contributed by atoms with Crippen LogP contribution in [0.4, 0.5) is 4.39 Å². The van der Waals surface area contributed by atoms with Gasteiger partial charge < -0.3 is 10.2 Å². The summed E-state index contributed by atoms with van der Waals surface area (Å²) in [6.45, 7) is 4.10. The number of likely N-dealkylation sites (tertiary alicyclic amines) is 1. The highest BCUT2D eigenvalue weighted by atomic mass is 19.1. The van der Waals surface area contributed by atoms with Crippen molar-refractivity contribution >= 4 is 11.8 Å². The van der Waals surface area contributed by atoms with Gasteiger partial charge >= 0.3 is 0 Å². The van der Waals surface area contributed by atoms with Crippen molar-refractivity contribution in [3.05, 3.63) is 108 Å². The molecule has 3 heterocycles. The van der Waals surface area contributed by atoms with Crippen LogP contribution >= 0.6 is 0 Å². The molecule has 0 bridgehead atoms.